The summed E-state index contributed by atoms with van der Waals surface area (Å²) in [5.41, 5.74) is 1.02. The van der Waals surface area contributed by atoms with Gasteiger partial charge in [-0.25, -0.2) is 0 Å². The first-order valence-electron chi connectivity index (χ1n) is 4.59. The minimum absolute atomic E-state index is 0.146. The van der Waals surface area contributed by atoms with Crippen LogP contribution in [0.25, 0.3) is 5.57 Å². The summed E-state index contributed by atoms with van der Waals surface area (Å²) in [5, 5.41) is 0.913. The first-order chi connectivity index (χ1) is 7.63. The zero-order valence-electron chi connectivity index (χ0n) is 8.46. The van der Waals surface area contributed by atoms with Gasteiger partial charge in [-0.15, -0.1) is 0 Å². The predicted molar refractivity (Wildman–Crippen MR) is 64.5 cm³/mol. The molecule has 0 amide bonds. The quantitative estimate of drug-likeness (QED) is 0.808. The minimum Gasteiger partial charge on any atom is -0.497 e. The van der Waals surface area contributed by atoms with E-state index in [1.165, 1.54) is 13.2 Å². The van der Waals surface area contributed by atoms with Gasteiger partial charge in [0.15, 0.2) is 5.78 Å². The number of carbonyl (C=O) groups excluding carboxylic acids is 1. The Labute approximate surface area is 103 Å². The van der Waals surface area contributed by atoms with Gasteiger partial charge in [0.1, 0.15) is 5.76 Å². The summed E-state index contributed by atoms with van der Waals surface area (Å²) in [6.45, 7) is 0. The highest BCUT2D eigenvalue weighted by atomic mass is 35.5. The molecule has 2 nitrogen and oxygen atoms in total. The summed E-state index contributed by atoms with van der Waals surface area (Å²) in [6, 6.07) is 5.13. The van der Waals surface area contributed by atoms with Gasteiger partial charge in [-0.1, -0.05) is 29.3 Å². The Morgan fingerprint density at radius 1 is 1.12 bits per heavy atom. The number of ether oxygens (including phenoxy) is 1. The summed E-state index contributed by atoms with van der Waals surface area (Å²) < 4.78 is 4.99. The lowest BCUT2D eigenvalue weighted by Gasteiger charge is -2.06. The number of allylic oxidation sites excluding steroid dienone is 3. The number of carbonyl (C=O) groups is 1. The van der Waals surface area contributed by atoms with Crippen molar-refractivity contribution in [2.24, 2.45) is 0 Å². The Balaban J connectivity index is 2.52. The fraction of sp³-hybridized carbons (Fsp3) is 0.0833. The molecule has 4 heteroatoms. The summed E-state index contributed by atoms with van der Waals surface area (Å²) >= 11 is 12.0. The van der Waals surface area contributed by atoms with Crippen molar-refractivity contribution in [2.75, 3.05) is 7.11 Å². The van der Waals surface area contributed by atoms with Crippen LogP contribution in [0, 0.1) is 0 Å². The number of hydrogen-bond acceptors (Lipinski definition) is 2. The van der Waals surface area contributed by atoms with Crippen molar-refractivity contribution in [1.82, 2.24) is 0 Å². The molecule has 0 atom stereocenters. The van der Waals surface area contributed by atoms with Crippen LogP contribution in [0.5, 0.6) is 0 Å². The Morgan fingerprint density at radius 3 is 2.25 bits per heavy atom. The van der Waals surface area contributed by atoms with Crippen LogP contribution in [0.15, 0.2) is 36.1 Å². The van der Waals surface area contributed by atoms with E-state index in [4.69, 9.17) is 27.9 Å². The average Bonchev–Trinajstić information content (AvgIpc) is 2.60. The standard InChI is InChI=1S/C12H8Cl2O2/c1-16-7-5-8(11(15)6-7)12-9(13)3-2-4-10(12)14/h2-6H,1H3. The Bertz CT molecular complexity index is 496. The zero-order chi connectivity index (χ0) is 11.7. The molecule has 82 valence electrons. The van der Waals surface area contributed by atoms with Crippen LogP contribution in [0.2, 0.25) is 10.0 Å². The number of ketones is 1. The van der Waals surface area contributed by atoms with Gasteiger partial charge in [-0.2, -0.15) is 0 Å². The molecule has 16 heavy (non-hydrogen) atoms. The molecule has 0 aromatic heterocycles. The zero-order valence-corrected chi connectivity index (χ0v) is 9.97. The molecule has 2 rings (SSSR count). The van der Waals surface area contributed by atoms with Gasteiger partial charge in [-0.3, -0.25) is 4.79 Å². The van der Waals surface area contributed by atoms with Crippen molar-refractivity contribution in [1.29, 1.82) is 0 Å². The first kappa shape index (κ1) is 11.2. The lowest BCUT2D eigenvalue weighted by atomic mass is 10.0. The normalized spacial score (nSPS) is 14.8. The predicted octanol–water partition coefficient (Wildman–Crippen LogP) is 3.49. The maximum Gasteiger partial charge on any atom is 0.190 e. The number of rotatable bonds is 2. The van der Waals surface area contributed by atoms with E-state index < -0.39 is 0 Å². The van der Waals surface area contributed by atoms with Crippen LogP contribution >= 0.6 is 23.2 Å². The van der Waals surface area contributed by atoms with Crippen LogP contribution in [0.3, 0.4) is 0 Å². The van der Waals surface area contributed by atoms with Gasteiger partial charge in [0.05, 0.1) is 17.2 Å². The van der Waals surface area contributed by atoms with Gasteiger partial charge in [-0.05, 0) is 18.2 Å². The van der Waals surface area contributed by atoms with E-state index >= 15 is 0 Å². The van der Waals surface area contributed by atoms with Crippen molar-refractivity contribution in [3.63, 3.8) is 0 Å². The molecule has 1 aromatic rings. The van der Waals surface area contributed by atoms with Gasteiger partial charge in [0.25, 0.3) is 0 Å². The molecule has 0 N–H and O–H groups in total. The van der Waals surface area contributed by atoms with Crippen molar-refractivity contribution < 1.29 is 9.53 Å². The van der Waals surface area contributed by atoms with E-state index in [1.54, 1.807) is 24.3 Å². The summed E-state index contributed by atoms with van der Waals surface area (Å²) in [6.07, 6.45) is 3.05. The summed E-state index contributed by atoms with van der Waals surface area (Å²) in [4.78, 5) is 11.7. The Morgan fingerprint density at radius 2 is 1.75 bits per heavy atom. The molecular formula is C12H8Cl2O2. The van der Waals surface area contributed by atoms with Crippen LogP contribution in [0.1, 0.15) is 5.56 Å². The van der Waals surface area contributed by atoms with Gasteiger partial charge in [0, 0.05) is 17.2 Å². The highest BCUT2D eigenvalue weighted by Crippen LogP contribution is 2.34. The van der Waals surface area contributed by atoms with Gasteiger partial charge < -0.3 is 4.74 Å². The minimum atomic E-state index is -0.146. The van der Waals surface area contributed by atoms with Crippen molar-refractivity contribution in [3.05, 3.63) is 51.7 Å². The molecule has 0 spiro atoms. The molecule has 0 unspecified atom stereocenters. The molecule has 0 bridgehead atoms. The lowest BCUT2D eigenvalue weighted by Crippen LogP contribution is -1.95. The SMILES string of the molecule is COC1=CC(=O)C(c2c(Cl)cccc2Cl)=C1. The second-order valence-electron chi connectivity index (χ2n) is 3.27. The maximum atomic E-state index is 11.7. The van der Waals surface area contributed by atoms with E-state index in [1.807, 2.05) is 0 Å². The smallest absolute Gasteiger partial charge is 0.190 e. The van der Waals surface area contributed by atoms with Crippen molar-refractivity contribution in [2.45, 2.75) is 0 Å². The fourth-order valence-electron chi connectivity index (χ4n) is 1.53. The van der Waals surface area contributed by atoms with Crippen LogP contribution in [-0.2, 0) is 9.53 Å². The van der Waals surface area contributed by atoms with Crippen LogP contribution in [0.4, 0.5) is 0 Å². The largest absolute Gasteiger partial charge is 0.497 e. The Kier molecular flexibility index (Phi) is 3.03. The van der Waals surface area contributed by atoms with Crippen LogP contribution < -0.4 is 0 Å². The number of methoxy groups -OCH3 is 1. The molecule has 0 saturated carbocycles. The van der Waals surface area contributed by atoms with E-state index in [9.17, 15) is 4.79 Å². The van der Waals surface area contributed by atoms with Crippen molar-refractivity contribution in [3.8, 4) is 0 Å². The third-order valence-corrected chi connectivity index (χ3v) is 2.92. The molecule has 0 fully saturated rings. The van der Waals surface area contributed by atoms with Gasteiger partial charge in [0.2, 0.25) is 0 Å². The highest BCUT2D eigenvalue weighted by Gasteiger charge is 2.22. The molecular weight excluding hydrogens is 247 g/mol. The number of benzene rings is 1. The summed E-state index contributed by atoms with van der Waals surface area (Å²) in [7, 11) is 1.51. The topological polar surface area (TPSA) is 26.3 Å². The highest BCUT2D eigenvalue weighted by molar-refractivity contribution is 6.42. The van der Waals surface area contributed by atoms with Gasteiger partial charge >= 0.3 is 0 Å². The molecule has 0 saturated heterocycles. The van der Waals surface area contributed by atoms with E-state index in [-0.39, 0.29) is 5.78 Å². The average molecular weight is 255 g/mol. The van der Waals surface area contributed by atoms with Crippen molar-refractivity contribution >= 4 is 34.6 Å². The van der Waals surface area contributed by atoms with E-state index in [2.05, 4.69) is 0 Å². The molecule has 0 radical (unpaired) electrons. The van der Waals surface area contributed by atoms with E-state index in [0.29, 0.717) is 26.9 Å². The first-order valence-corrected chi connectivity index (χ1v) is 5.35. The second-order valence-corrected chi connectivity index (χ2v) is 4.08. The molecule has 0 heterocycles. The number of hydrogen-bond donors (Lipinski definition) is 0. The number of halogens is 2. The lowest BCUT2D eigenvalue weighted by molar-refractivity contribution is -0.109. The summed E-state index contributed by atoms with van der Waals surface area (Å²) in [5.74, 6) is 0.364. The third kappa shape index (κ3) is 1.86. The monoisotopic (exact) mass is 254 g/mol. The fourth-order valence-corrected chi connectivity index (χ4v) is 2.13. The second kappa shape index (κ2) is 4.32. The van der Waals surface area contributed by atoms with Crippen LogP contribution in [-0.4, -0.2) is 12.9 Å². The molecule has 1 aromatic carbocycles. The third-order valence-electron chi connectivity index (χ3n) is 2.29. The van der Waals surface area contributed by atoms with E-state index in [0.717, 1.165) is 0 Å². The molecule has 1 aliphatic rings. The molecule has 0 aliphatic heterocycles. The maximum absolute atomic E-state index is 11.7. The molecule has 1 aliphatic carbocycles. The Hall–Kier alpha value is -1.25.